The van der Waals surface area contributed by atoms with Gasteiger partial charge in [-0.1, -0.05) is 48.5 Å². The Morgan fingerprint density at radius 3 is 1.18 bits per heavy atom. The van der Waals surface area contributed by atoms with Crippen LogP contribution in [-0.2, 0) is 0 Å². The van der Waals surface area contributed by atoms with Crippen molar-refractivity contribution in [2.75, 3.05) is 0 Å². The summed E-state index contributed by atoms with van der Waals surface area (Å²) >= 11 is 0. The molecule has 2 aromatic rings. The van der Waals surface area contributed by atoms with Gasteiger partial charge in [-0.3, -0.25) is 9.59 Å². The van der Waals surface area contributed by atoms with Crippen LogP contribution in [-0.4, -0.2) is 12.6 Å². The smallest absolute Gasteiger partial charge is 0.150 e. The maximum atomic E-state index is 10.7. The largest absolute Gasteiger partial charge is 0.298 e. The third kappa shape index (κ3) is 3.16. The molecule has 2 heteroatoms. The minimum absolute atomic E-state index is 0.603. The van der Waals surface area contributed by atoms with Crippen LogP contribution in [0.25, 0.3) is 0 Å². The van der Waals surface area contributed by atoms with Gasteiger partial charge in [-0.25, -0.2) is 0 Å². The summed E-state index contributed by atoms with van der Waals surface area (Å²) in [5.41, 5.74) is 4.18. The normalized spacial score (nSPS) is 21.3. The first-order chi connectivity index (χ1) is 10.8. The number of carbonyl (C=O) groups is 2. The van der Waals surface area contributed by atoms with Crippen molar-refractivity contribution in [1.82, 2.24) is 0 Å². The summed E-state index contributed by atoms with van der Waals surface area (Å²) < 4.78 is 0. The van der Waals surface area contributed by atoms with E-state index in [0.29, 0.717) is 11.8 Å². The van der Waals surface area contributed by atoms with Crippen LogP contribution in [0.5, 0.6) is 0 Å². The van der Waals surface area contributed by atoms with Gasteiger partial charge in [-0.2, -0.15) is 0 Å². The summed E-state index contributed by atoms with van der Waals surface area (Å²) in [6.45, 7) is 0. The third-order valence-electron chi connectivity index (χ3n) is 4.82. The van der Waals surface area contributed by atoms with E-state index in [2.05, 4.69) is 24.3 Å². The van der Waals surface area contributed by atoms with E-state index in [1.54, 1.807) is 0 Å². The summed E-state index contributed by atoms with van der Waals surface area (Å²) in [6, 6.07) is 16.0. The van der Waals surface area contributed by atoms with E-state index in [1.165, 1.54) is 36.8 Å². The Morgan fingerprint density at radius 2 is 0.909 bits per heavy atom. The van der Waals surface area contributed by atoms with Crippen molar-refractivity contribution < 1.29 is 9.59 Å². The van der Waals surface area contributed by atoms with Gasteiger partial charge in [0.05, 0.1) is 0 Å². The fourth-order valence-corrected chi connectivity index (χ4v) is 3.45. The van der Waals surface area contributed by atoms with Gasteiger partial charge in [-0.15, -0.1) is 0 Å². The highest BCUT2D eigenvalue weighted by Gasteiger charge is 2.23. The minimum Gasteiger partial charge on any atom is -0.298 e. The molecule has 0 unspecified atom stereocenters. The van der Waals surface area contributed by atoms with E-state index in [-0.39, 0.29) is 0 Å². The third-order valence-corrected chi connectivity index (χ3v) is 4.82. The van der Waals surface area contributed by atoms with Gasteiger partial charge in [0.2, 0.25) is 0 Å². The predicted octanol–water partition coefficient (Wildman–Crippen LogP) is 4.75. The summed E-state index contributed by atoms with van der Waals surface area (Å²) in [5, 5.41) is 0. The second kappa shape index (κ2) is 6.69. The Balaban J connectivity index is 1.63. The molecule has 0 N–H and O–H groups in total. The average molecular weight is 292 g/mol. The average Bonchev–Trinajstić information content (AvgIpc) is 2.62. The molecule has 3 rings (SSSR count). The topological polar surface area (TPSA) is 34.1 Å². The Labute approximate surface area is 131 Å². The lowest BCUT2D eigenvalue weighted by molar-refractivity contribution is 0.111. The van der Waals surface area contributed by atoms with Gasteiger partial charge in [-0.05, 0) is 48.6 Å². The highest BCUT2D eigenvalue weighted by atomic mass is 16.1. The van der Waals surface area contributed by atoms with E-state index in [9.17, 15) is 9.59 Å². The van der Waals surface area contributed by atoms with Crippen molar-refractivity contribution >= 4 is 12.6 Å². The number of benzene rings is 2. The molecule has 0 heterocycles. The number of rotatable bonds is 4. The van der Waals surface area contributed by atoms with Crippen molar-refractivity contribution in [3.63, 3.8) is 0 Å². The summed E-state index contributed by atoms with van der Waals surface area (Å²) in [7, 11) is 0. The molecule has 0 radical (unpaired) electrons. The fraction of sp³-hybridized carbons (Fsp3) is 0.300. The molecule has 0 aliphatic heterocycles. The molecule has 2 aromatic carbocycles. The molecule has 0 spiro atoms. The van der Waals surface area contributed by atoms with Crippen LogP contribution in [0.3, 0.4) is 0 Å². The zero-order valence-electron chi connectivity index (χ0n) is 12.6. The van der Waals surface area contributed by atoms with Crippen molar-refractivity contribution in [2.45, 2.75) is 37.5 Å². The maximum Gasteiger partial charge on any atom is 0.150 e. The van der Waals surface area contributed by atoms with Crippen molar-refractivity contribution in [1.29, 1.82) is 0 Å². The molecule has 0 amide bonds. The Kier molecular flexibility index (Phi) is 4.47. The van der Waals surface area contributed by atoms with Crippen LogP contribution in [0.4, 0.5) is 0 Å². The quantitative estimate of drug-likeness (QED) is 0.762. The van der Waals surface area contributed by atoms with Crippen LogP contribution in [0.1, 0.15) is 69.4 Å². The highest BCUT2D eigenvalue weighted by Crippen LogP contribution is 2.40. The van der Waals surface area contributed by atoms with Crippen LogP contribution in [0.2, 0.25) is 0 Å². The van der Waals surface area contributed by atoms with Gasteiger partial charge < -0.3 is 0 Å². The van der Waals surface area contributed by atoms with E-state index >= 15 is 0 Å². The maximum absolute atomic E-state index is 10.7. The predicted molar refractivity (Wildman–Crippen MR) is 87.6 cm³/mol. The summed E-state index contributed by atoms with van der Waals surface area (Å²) in [5.74, 6) is 1.21. The molecule has 0 atom stereocenters. The van der Waals surface area contributed by atoms with Gasteiger partial charge in [0, 0.05) is 11.1 Å². The van der Waals surface area contributed by atoms with E-state index in [0.717, 1.165) is 23.7 Å². The molecule has 0 saturated heterocycles. The van der Waals surface area contributed by atoms with E-state index < -0.39 is 0 Å². The molecular weight excluding hydrogens is 272 g/mol. The second-order valence-corrected chi connectivity index (χ2v) is 6.12. The van der Waals surface area contributed by atoms with Gasteiger partial charge >= 0.3 is 0 Å². The van der Waals surface area contributed by atoms with Gasteiger partial charge in [0.1, 0.15) is 12.6 Å². The lowest BCUT2D eigenvalue weighted by atomic mass is 9.76. The zero-order valence-corrected chi connectivity index (χ0v) is 12.6. The molecule has 1 saturated carbocycles. The Morgan fingerprint density at radius 1 is 0.591 bits per heavy atom. The highest BCUT2D eigenvalue weighted by molar-refractivity contribution is 5.75. The molecule has 0 aromatic heterocycles. The molecule has 112 valence electrons. The first kappa shape index (κ1) is 14.7. The number of aldehydes is 2. The summed E-state index contributed by atoms with van der Waals surface area (Å²) in [6.07, 6.45) is 6.51. The van der Waals surface area contributed by atoms with Crippen LogP contribution in [0, 0.1) is 0 Å². The van der Waals surface area contributed by atoms with Gasteiger partial charge in [0.15, 0.2) is 0 Å². The molecule has 1 fully saturated rings. The number of carbonyl (C=O) groups excluding carboxylic acids is 2. The van der Waals surface area contributed by atoms with Crippen molar-refractivity contribution in [3.8, 4) is 0 Å². The monoisotopic (exact) mass is 292 g/mol. The number of hydrogen-bond acceptors (Lipinski definition) is 2. The summed E-state index contributed by atoms with van der Waals surface area (Å²) in [4.78, 5) is 21.4. The number of hydrogen-bond donors (Lipinski definition) is 0. The van der Waals surface area contributed by atoms with E-state index in [1.807, 2.05) is 24.3 Å². The molecule has 22 heavy (non-hydrogen) atoms. The van der Waals surface area contributed by atoms with Gasteiger partial charge in [0.25, 0.3) is 0 Å². The lowest BCUT2D eigenvalue weighted by Crippen LogP contribution is -2.12. The second-order valence-electron chi connectivity index (χ2n) is 6.12. The van der Waals surface area contributed by atoms with Crippen LogP contribution < -0.4 is 0 Å². The molecule has 0 bridgehead atoms. The Hall–Kier alpha value is -2.22. The zero-order chi connectivity index (χ0) is 15.4. The minimum atomic E-state index is 0.603. The molecule has 2 nitrogen and oxygen atoms in total. The fourth-order valence-electron chi connectivity index (χ4n) is 3.45. The van der Waals surface area contributed by atoms with Crippen molar-refractivity contribution in [2.24, 2.45) is 0 Å². The Bertz CT molecular complexity index is 573. The first-order valence-electron chi connectivity index (χ1n) is 7.90. The standard InChI is InChI=1S/C20H20O2/c21-13-15-1-5-17(6-2-15)19-9-11-20(12-10-19)18-7-3-16(14-22)4-8-18/h1-8,13-14,19-20H,9-12H2. The first-order valence-corrected chi connectivity index (χ1v) is 7.90. The van der Waals surface area contributed by atoms with Crippen molar-refractivity contribution in [3.05, 3.63) is 70.8 Å². The SMILES string of the molecule is O=Cc1ccc(C2CCC(c3ccc(C=O)cc3)CC2)cc1. The molecule has 1 aliphatic rings. The van der Waals surface area contributed by atoms with Crippen LogP contribution in [0.15, 0.2) is 48.5 Å². The van der Waals surface area contributed by atoms with Crippen LogP contribution >= 0.6 is 0 Å². The molecule has 1 aliphatic carbocycles. The lowest BCUT2D eigenvalue weighted by Gasteiger charge is -2.29. The molecular formula is C20H20O2. The van der Waals surface area contributed by atoms with E-state index in [4.69, 9.17) is 0 Å².